The number of halogens is 1. The van der Waals surface area contributed by atoms with Gasteiger partial charge in [0.05, 0.1) is 24.1 Å². The molecular weight excluding hydrogens is 474 g/mol. The van der Waals surface area contributed by atoms with E-state index < -0.39 is 0 Å². The van der Waals surface area contributed by atoms with Gasteiger partial charge in [0.25, 0.3) is 5.91 Å². The minimum atomic E-state index is -0.250. The van der Waals surface area contributed by atoms with Gasteiger partial charge in [0.2, 0.25) is 5.91 Å². The van der Waals surface area contributed by atoms with Gasteiger partial charge in [0.1, 0.15) is 5.75 Å². The Kier molecular flexibility index (Phi) is 7.04. The molecule has 2 aromatic carbocycles. The molecule has 0 unspecified atom stereocenters. The molecule has 2 aromatic heterocycles. The number of thioether (sulfide) groups is 1. The molecule has 0 aliphatic carbocycles. The van der Waals surface area contributed by atoms with E-state index in [1.54, 1.807) is 34.9 Å². The number of carbonyl (C=O) groups is 2. The number of rotatable bonds is 7. The number of carbonyl (C=O) groups excluding carboxylic acids is 2. The van der Waals surface area contributed by atoms with Crippen LogP contribution in [0.1, 0.15) is 21.5 Å². The Morgan fingerprint density at radius 3 is 2.68 bits per heavy atom. The summed E-state index contributed by atoms with van der Waals surface area (Å²) in [4.78, 5) is 25.3. The summed E-state index contributed by atoms with van der Waals surface area (Å²) in [5.41, 5.74) is 4.15. The summed E-state index contributed by atoms with van der Waals surface area (Å²) in [6.45, 7) is 3.81. The Hall–Kier alpha value is -3.56. The second kappa shape index (κ2) is 10.1. The molecule has 0 bridgehead atoms. The lowest BCUT2D eigenvalue weighted by Gasteiger charge is -2.12. The van der Waals surface area contributed by atoms with Crippen LogP contribution in [0, 0.1) is 13.8 Å². The molecule has 0 radical (unpaired) electrons. The molecule has 2 amide bonds. The topological polar surface area (TPSA) is 97.6 Å². The van der Waals surface area contributed by atoms with Crippen LogP contribution < -0.4 is 15.4 Å². The molecule has 0 saturated heterocycles. The lowest BCUT2D eigenvalue weighted by molar-refractivity contribution is -0.113. The number of nitrogens with one attached hydrogen (secondary N) is 2. The fourth-order valence-corrected chi connectivity index (χ4v) is 4.14. The van der Waals surface area contributed by atoms with Gasteiger partial charge >= 0.3 is 0 Å². The molecule has 4 aromatic rings. The highest BCUT2D eigenvalue weighted by molar-refractivity contribution is 7.99. The van der Waals surface area contributed by atoms with E-state index in [1.165, 1.54) is 18.9 Å². The quantitative estimate of drug-likeness (QED) is 0.350. The first-order valence-corrected chi connectivity index (χ1v) is 11.7. The zero-order valence-electron chi connectivity index (χ0n) is 18.8. The third kappa shape index (κ3) is 5.32. The number of pyridine rings is 1. The van der Waals surface area contributed by atoms with E-state index in [2.05, 4.69) is 20.8 Å². The Bertz CT molecular complexity index is 1390. The Balaban J connectivity index is 1.46. The maximum atomic E-state index is 12.7. The van der Waals surface area contributed by atoms with Crippen LogP contribution in [0.5, 0.6) is 5.75 Å². The average molecular weight is 496 g/mol. The predicted molar refractivity (Wildman–Crippen MR) is 134 cm³/mol. The number of ether oxygens (including phenoxy) is 1. The molecule has 0 aliphatic heterocycles. The summed E-state index contributed by atoms with van der Waals surface area (Å²) < 4.78 is 7.00. The molecule has 0 atom stereocenters. The van der Waals surface area contributed by atoms with Crippen LogP contribution in [-0.4, -0.2) is 39.3 Å². The van der Waals surface area contributed by atoms with Gasteiger partial charge in [-0.1, -0.05) is 35.5 Å². The fourth-order valence-electron chi connectivity index (χ4n) is 3.27. The highest BCUT2D eigenvalue weighted by Gasteiger charge is 2.15. The molecule has 2 N–H and O–H groups in total. The van der Waals surface area contributed by atoms with Crippen molar-refractivity contribution in [3.63, 3.8) is 0 Å². The molecule has 4 rings (SSSR count). The standard InChI is InChI=1S/C24H22ClN5O3S/c1-14-5-4-6-17(9-14)26-23(32)16-7-8-21-28-29-24(30(21)12-16)34-13-22(31)27-19-10-15(2)18(25)11-20(19)33-3/h4-12H,13H2,1-3H3,(H,26,32)(H,27,31). The molecular formula is C24H22ClN5O3S. The zero-order valence-corrected chi connectivity index (χ0v) is 20.3. The Morgan fingerprint density at radius 1 is 1.09 bits per heavy atom. The van der Waals surface area contributed by atoms with Crippen LogP contribution in [0.3, 0.4) is 0 Å². The summed E-state index contributed by atoms with van der Waals surface area (Å²) in [5, 5.41) is 15.0. The van der Waals surface area contributed by atoms with Gasteiger partial charge < -0.3 is 15.4 Å². The van der Waals surface area contributed by atoms with Crippen molar-refractivity contribution in [1.82, 2.24) is 14.6 Å². The van der Waals surface area contributed by atoms with Gasteiger partial charge in [-0.05, 0) is 55.3 Å². The summed E-state index contributed by atoms with van der Waals surface area (Å²) in [7, 11) is 1.51. The summed E-state index contributed by atoms with van der Waals surface area (Å²) in [6, 6.07) is 14.4. The third-order valence-electron chi connectivity index (χ3n) is 5.00. The second-order valence-corrected chi connectivity index (χ2v) is 8.94. The van der Waals surface area contributed by atoms with Crippen molar-refractivity contribution in [3.8, 4) is 5.75 Å². The van der Waals surface area contributed by atoms with Crippen molar-refractivity contribution in [2.75, 3.05) is 23.5 Å². The minimum Gasteiger partial charge on any atom is -0.495 e. The Morgan fingerprint density at radius 2 is 1.91 bits per heavy atom. The molecule has 174 valence electrons. The lowest BCUT2D eigenvalue weighted by atomic mass is 10.2. The number of amides is 2. The normalized spacial score (nSPS) is 10.8. The third-order valence-corrected chi connectivity index (χ3v) is 6.35. The highest BCUT2D eigenvalue weighted by atomic mass is 35.5. The largest absolute Gasteiger partial charge is 0.495 e. The van der Waals surface area contributed by atoms with E-state index in [0.717, 1.165) is 11.1 Å². The number of benzene rings is 2. The first-order valence-electron chi connectivity index (χ1n) is 10.3. The van der Waals surface area contributed by atoms with Crippen LogP contribution >= 0.6 is 23.4 Å². The van der Waals surface area contributed by atoms with Crippen molar-refractivity contribution in [1.29, 1.82) is 0 Å². The lowest BCUT2D eigenvalue weighted by Crippen LogP contribution is -2.15. The number of nitrogens with zero attached hydrogens (tertiary/aromatic N) is 3. The number of hydrogen-bond donors (Lipinski definition) is 2. The van der Waals surface area contributed by atoms with Crippen molar-refractivity contribution in [3.05, 3.63) is 76.4 Å². The van der Waals surface area contributed by atoms with Gasteiger partial charge in [0.15, 0.2) is 10.8 Å². The molecule has 34 heavy (non-hydrogen) atoms. The first-order chi connectivity index (χ1) is 16.3. The Labute approximate surface area is 205 Å². The van der Waals surface area contributed by atoms with E-state index in [0.29, 0.717) is 38.5 Å². The van der Waals surface area contributed by atoms with Crippen LogP contribution in [0.4, 0.5) is 11.4 Å². The van der Waals surface area contributed by atoms with Crippen molar-refractivity contribution in [2.24, 2.45) is 0 Å². The number of anilines is 2. The van der Waals surface area contributed by atoms with E-state index >= 15 is 0 Å². The van der Waals surface area contributed by atoms with Gasteiger partial charge in [-0.2, -0.15) is 0 Å². The monoisotopic (exact) mass is 495 g/mol. The predicted octanol–water partition coefficient (Wildman–Crippen LogP) is 4.99. The average Bonchev–Trinajstić information content (AvgIpc) is 3.22. The van der Waals surface area contributed by atoms with E-state index in [9.17, 15) is 9.59 Å². The maximum Gasteiger partial charge on any atom is 0.257 e. The molecule has 0 saturated carbocycles. The number of hydrogen-bond acceptors (Lipinski definition) is 6. The SMILES string of the molecule is COc1cc(Cl)c(C)cc1NC(=O)CSc1nnc2ccc(C(=O)Nc3cccc(C)c3)cn12. The van der Waals surface area contributed by atoms with Crippen molar-refractivity contribution in [2.45, 2.75) is 19.0 Å². The molecule has 0 fully saturated rings. The van der Waals surface area contributed by atoms with E-state index in [1.807, 2.05) is 38.1 Å². The minimum absolute atomic E-state index is 0.0886. The molecule has 8 nitrogen and oxygen atoms in total. The second-order valence-electron chi connectivity index (χ2n) is 7.59. The van der Waals surface area contributed by atoms with Gasteiger partial charge in [-0.15, -0.1) is 10.2 Å². The zero-order chi connectivity index (χ0) is 24.2. The summed E-state index contributed by atoms with van der Waals surface area (Å²) in [6.07, 6.45) is 1.66. The van der Waals surface area contributed by atoms with Crippen molar-refractivity contribution < 1.29 is 14.3 Å². The smallest absolute Gasteiger partial charge is 0.257 e. The van der Waals surface area contributed by atoms with Crippen molar-refractivity contribution >= 4 is 52.2 Å². The molecule has 10 heteroatoms. The number of methoxy groups -OCH3 is 1. The highest BCUT2D eigenvalue weighted by Crippen LogP contribution is 2.31. The van der Waals surface area contributed by atoms with Crippen LogP contribution in [-0.2, 0) is 4.79 Å². The van der Waals surface area contributed by atoms with Crippen LogP contribution in [0.15, 0.2) is 59.9 Å². The van der Waals surface area contributed by atoms with Gasteiger partial charge in [-0.25, -0.2) is 0 Å². The maximum absolute atomic E-state index is 12.7. The number of aromatic nitrogens is 3. The molecule has 0 spiro atoms. The summed E-state index contributed by atoms with van der Waals surface area (Å²) >= 11 is 7.34. The fraction of sp³-hybridized carbons (Fsp3) is 0.167. The number of fused-ring (bicyclic) bond motifs is 1. The van der Waals surface area contributed by atoms with Gasteiger partial charge in [0, 0.05) is 23.0 Å². The van der Waals surface area contributed by atoms with Crippen LogP contribution in [0.2, 0.25) is 5.02 Å². The summed E-state index contributed by atoms with van der Waals surface area (Å²) in [5.74, 6) is 0.0760. The molecule has 0 aliphatic rings. The molecule has 2 heterocycles. The first kappa shape index (κ1) is 23.6. The van der Waals surface area contributed by atoms with E-state index in [4.69, 9.17) is 16.3 Å². The van der Waals surface area contributed by atoms with E-state index in [-0.39, 0.29) is 17.6 Å². The van der Waals surface area contributed by atoms with Gasteiger partial charge in [-0.3, -0.25) is 14.0 Å². The van der Waals surface area contributed by atoms with Crippen LogP contribution in [0.25, 0.3) is 5.65 Å². The number of aryl methyl sites for hydroxylation is 2.